The molecule has 0 unspecified atom stereocenters. The molecule has 0 aromatic carbocycles. The molecular formula is C12H14BrNOS. The molecule has 4 heteroatoms. The number of rotatable bonds is 4. The van der Waals surface area contributed by atoms with Gasteiger partial charge >= 0.3 is 0 Å². The first kappa shape index (κ1) is 11.9. The van der Waals surface area contributed by atoms with Crippen LogP contribution in [0.15, 0.2) is 32.5 Å². The normalized spacial score (nSPS) is 11.2. The Morgan fingerprint density at radius 2 is 2.12 bits per heavy atom. The summed E-state index contributed by atoms with van der Waals surface area (Å²) in [6, 6.07) is 6.13. The third-order valence-corrected chi connectivity index (χ3v) is 4.24. The molecule has 0 bridgehead atoms. The topological polar surface area (TPSA) is 16.4 Å². The van der Waals surface area contributed by atoms with Gasteiger partial charge in [-0.15, -0.1) is 11.3 Å². The van der Waals surface area contributed by atoms with Crippen LogP contribution in [0.5, 0.6) is 0 Å². The van der Waals surface area contributed by atoms with E-state index in [1.54, 1.807) is 11.3 Å². The van der Waals surface area contributed by atoms with Crippen molar-refractivity contribution in [1.82, 2.24) is 4.90 Å². The Morgan fingerprint density at radius 3 is 2.69 bits per heavy atom. The first-order valence-electron chi connectivity index (χ1n) is 5.11. The van der Waals surface area contributed by atoms with Crippen molar-refractivity contribution in [2.75, 3.05) is 7.05 Å². The van der Waals surface area contributed by atoms with E-state index in [0.717, 1.165) is 24.6 Å². The van der Waals surface area contributed by atoms with Gasteiger partial charge in [0.05, 0.1) is 6.54 Å². The fourth-order valence-corrected chi connectivity index (χ4v) is 3.13. The zero-order valence-corrected chi connectivity index (χ0v) is 11.8. The molecule has 0 radical (unpaired) electrons. The maximum Gasteiger partial charge on any atom is 0.118 e. The molecule has 0 saturated heterocycles. The predicted octanol–water partition coefficient (Wildman–Crippen LogP) is 4.04. The summed E-state index contributed by atoms with van der Waals surface area (Å²) < 4.78 is 6.75. The minimum Gasteiger partial charge on any atom is -0.465 e. The fraction of sp³-hybridized carbons (Fsp3) is 0.333. The maximum absolute atomic E-state index is 5.55. The number of aryl methyl sites for hydroxylation is 1. The first-order valence-corrected chi connectivity index (χ1v) is 6.78. The summed E-state index contributed by atoms with van der Waals surface area (Å²) in [6.45, 7) is 3.76. The van der Waals surface area contributed by atoms with E-state index in [1.165, 1.54) is 9.35 Å². The van der Waals surface area contributed by atoms with Crippen LogP contribution in [0.4, 0.5) is 0 Å². The van der Waals surface area contributed by atoms with Gasteiger partial charge < -0.3 is 4.42 Å². The molecule has 0 aliphatic carbocycles. The van der Waals surface area contributed by atoms with Gasteiger partial charge in [-0.3, -0.25) is 4.90 Å². The van der Waals surface area contributed by atoms with E-state index in [0.29, 0.717) is 0 Å². The molecule has 0 amide bonds. The Balaban J connectivity index is 1.94. The lowest BCUT2D eigenvalue weighted by Crippen LogP contribution is -2.16. The van der Waals surface area contributed by atoms with Crippen molar-refractivity contribution < 1.29 is 4.42 Å². The van der Waals surface area contributed by atoms with E-state index in [4.69, 9.17) is 4.42 Å². The summed E-state index contributed by atoms with van der Waals surface area (Å²) in [5.74, 6) is 1.99. The highest BCUT2D eigenvalue weighted by Crippen LogP contribution is 2.24. The van der Waals surface area contributed by atoms with Crippen LogP contribution >= 0.6 is 27.3 Å². The Kier molecular flexibility index (Phi) is 3.84. The second-order valence-electron chi connectivity index (χ2n) is 3.88. The second kappa shape index (κ2) is 5.17. The van der Waals surface area contributed by atoms with Gasteiger partial charge in [0.15, 0.2) is 0 Å². The fourth-order valence-electron chi connectivity index (χ4n) is 1.58. The molecular weight excluding hydrogens is 286 g/mol. The largest absolute Gasteiger partial charge is 0.465 e. The van der Waals surface area contributed by atoms with E-state index in [2.05, 4.69) is 39.3 Å². The number of thiophene rings is 1. The molecule has 0 aliphatic heterocycles. The molecule has 2 aromatic rings. The van der Waals surface area contributed by atoms with Crippen LogP contribution in [0.2, 0.25) is 0 Å². The van der Waals surface area contributed by atoms with Gasteiger partial charge in [0, 0.05) is 15.9 Å². The lowest BCUT2D eigenvalue weighted by molar-refractivity contribution is 0.287. The predicted molar refractivity (Wildman–Crippen MR) is 70.6 cm³/mol. The summed E-state index contributed by atoms with van der Waals surface area (Å²) in [6.07, 6.45) is 0. The van der Waals surface area contributed by atoms with E-state index in [9.17, 15) is 0 Å². The lowest BCUT2D eigenvalue weighted by Gasteiger charge is -2.14. The Labute approximate surface area is 108 Å². The highest BCUT2D eigenvalue weighted by atomic mass is 79.9. The van der Waals surface area contributed by atoms with Crippen molar-refractivity contribution in [1.29, 1.82) is 0 Å². The van der Waals surface area contributed by atoms with Crippen LogP contribution in [0.25, 0.3) is 0 Å². The van der Waals surface area contributed by atoms with Crippen molar-refractivity contribution in [3.63, 3.8) is 0 Å². The van der Waals surface area contributed by atoms with Gasteiger partial charge in [0.1, 0.15) is 11.5 Å². The average molecular weight is 300 g/mol. The summed E-state index contributed by atoms with van der Waals surface area (Å²) in [4.78, 5) is 3.60. The molecule has 16 heavy (non-hydrogen) atoms. The van der Waals surface area contributed by atoms with Gasteiger partial charge in [-0.1, -0.05) is 0 Å². The van der Waals surface area contributed by atoms with Gasteiger partial charge in [-0.05, 0) is 53.5 Å². The standard InChI is InChI=1S/C12H14BrNOS/c1-9-3-4-10(15-9)7-14(2)8-12-11(13)5-6-16-12/h3-6H,7-8H2,1-2H3. The number of nitrogens with zero attached hydrogens (tertiary/aromatic N) is 1. The van der Waals surface area contributed by atoms with Crippen molar-refractivity contribution >= 4 is 27.3 Å². The van der Waals surface area contributed by atoms with Crippen molar-refractivity contribution in [2.24, 2.45) is 0 Å². The smallest absolute Gasteiger partial charge is 0.118 e. The summed E-state index contributed by atoms with van der Waals surface area (Å²) in [5.41, 5.74) is 0. The Bertz CT molecular complexity index is 463. The molecule has 0 saturated carbocycles. The van der Waals surface area contributed by atoms with Crippen LogP contribution in [-0.2, 0) is 13.1 Å². The van der Waals surface area contributed by atoms with E-state index >= 15 is 0 Å². The maximum atomic E-state index is 5.55. The molecule has 86 valence electrons. The minimum absolute atomic E-state index is 0.845. The minimum atomic E-state index is 0.845. The summed E-state index contributed by atoms with van der Waals surface area (Å²) in [7, 11) is 2.10. The molecule has 0 fully saturated rings. The quantitative estimate of drug-likeness (QED) is 0.847. The van der Waals surface area contributed by atoms with Gasteiger partial charge in [0.2, 0.25) is 0 Å². The van der Waals surface area contributed by atoms with Crippen LogP contribution < -0.4 is 0 Å². The van der Waals surface area contributed by atoms with Crippen molar-refractivity contribution in [2.45, 2.75) is 20.0 Å². The molecule has 2 heterocycles. The van der Waals surface area contributed by atoms with Gasteiger partial charge in [-0.25, -0.2) is 0 Å². The summed E-state index contributed by atoms with van der Waals surface area (Å²) >= 11 is 5.32. The third-order valence-electron chi connectivity index (χ3n) is 2.33. The summed E-state index contributed by atoms with van der Waals surface area (Å²) in [5, 5.41) is 2.10. The molecule has 0 aliphatic rings. The average Bonchev–Trinajstić information content (AvgIpc) is 2.77. The number of hydrogen-bond acceptors (Lipinski definition) is 3. The first-order chi connectivity index (χ1) is 7.65. The Hall–Kier alpha value is -0.580. The number of halogens is 1. The molecule has 0 atom stereocenters. The molecule has 0 spiro atoms. The van der Waals surface area contributed by atoms with Crippen LogP contribution in [0.1, 0.15) is 16.4 Å². The van der Waals surface area contributed by atoms with Gasteiger partial charge in [0.25, 0.3) is 0 Å². The highest BCUT2D eigenvalue weighted by molar-refractivity contribution is 9.10. The van der Waals surface area contributed by atoms with E-state index in [-0.39, 0.29) is 0 Å². The zero-order valence-electron chi connectivity index (χ0n) is 9.37. The molecule has 2 rings (SSSR count). The monoisotopic (exact) mass is 299 g/mol. The van der Waals surface area contributed by atoms with Crippen LogP contribution in [-0.4, -0.2) is 11.9 Å². The van der Waals surface area contributed by atoms with E-state index < -0.39 is 0 Å². The lowest BCUT2D eigenvalue weighted by atomic mass is 10.4. The third kappa shape index (κ3) is 2.97. The number of furan rings is 1. The van der Waals surface area contributed by atoms with Crippen molar-refractivity contribution in [3.05, 3.63) is 44.4 Å². The molecule has 2 aromatic heterocycles. The van der Waals surface area contributed by atoms with Crippen molar-refractivity contribution in [3.8, 4) is 0 Å². The molecule has 0 N–H and O–H groups in total. The number of hydrogen-bond donors (Lipinski definition) is 0. The van der Waals surface area contributed by atoms with Crippen LogP contribution in [0.3, 0.4) is 0 Å². The SMILES string of the molecule is Cc1ccc(CN(C)Cc2sccc2Br)o1. The zero-order chi connectivity index (χ0) is 11.5. The molecule has 2 nitrogen and oxygen atoms in total. The van der Waals surface area contributed by atoms with E-state index in [1.807, 2.05) is 19.1 Å². The van der Waals surface area contributed by atoms with Crippen LogP contribution in [0, 0.1) is 6.92 Å². The highest BCUT2D eigenvalue weighted by Gasteiger charge is 2.07. The van der Waals surface area contributed by atoms with Gasteiger partial charge in [-0.2, -0.15) is 0 Å². The Morgan fingerprint density at radius 1 is 1.31 bits per heavy atom. The second-order valence-corrected chi connectivity index (χ2v) is 5.73.